The van der Waals surface area contributed by atoms with Crippen LogP contribution in [0.3, 0.4) is 0 Å². The number of alkyl carbamates (subject to hydrolysis) is 1. The van der Waals surface area contributed by atoms with Gasteiger partial charge in [0.05, 0.1) is 6.04 Å². The van der Waals surface area contributed by atoms with Crippen molar-refractivity contribution in [3.63, 3.8) is 0 Å². The fourth-order valence-corrected chi connectivity index (χ4v) is 5.38. The number of ether oxygens (including phenoxy) is 1. The fourth-order valence-electron chi connectivity index (χ4n) is 4.26. The van der Waals surface area contributed by atoms with E-state index in [2.05, 4.69) is 54.3 Å². The predicted molar refractivity (Wildman–Crippen MR) is 127 cm³/mol. The van der Waals surface area contributed by atoms with Crippen molar-refractivity contribution in [2.24, 2.45) is 0 Å². The molecule has 1 amide bonds. The summed E-state index contributed by atoms with van der Waals surface area (Å²) in [7, 11) is 0. The smallest absolute Gasteiger partial charge is 0.407 e. The highest BCUT2D eigenvalue weighted by Crippen LogP contribution is 2.44. The summed E-state index contributed by atoms with van der Waals surface area (Å²) in [6.07, 6.45) is -0.779. The molecule has 0 radical (unpaired) electrons. The minimum atomic E-state index is -1.21. The first-order chi connectivity index (χ1) is 15.3. The van der Waals surface area contributed by atoms with Gasteiger partial charge in [-0.25, -0.2) is 14.6 Å². The molecule has 0 saturated carbocycles. The molecule has 4 rings (SSSR count). The number of hydrogen-bond donors (Lipinski definition) is 2. The molecule has 7 nitrogen and oxygen atoms in total. The molecule has 166 valence electrons. The highest BCUT2D eigenvalue weighted by molar-refractivity contribution is 9.13. The molecule has 0 fully saturated rings. The van der Waals surface area contributed by atoms with Gasteiger partial charge >= 0.3 is 12.1 Å². The molecule has 1 aliphatic rings. The van der Waals surface area contributed by atoms with Gasteiger partial charge < -0.3 is 19.7 Å². The van der Waals surface area contributed by atoms with E-state index < -0.39 is 24.1 Å². The lowest BCUT2D eigenvalue weighted by Gasteiger charge is -2.24. The Hall–Kier alpha value is -2.65. The van der Waals surface area contributed by atoms with Gasteiger partial charge in [-0.1, -0.05) is 48.5 Å². The van der Waals surface area contributed by atoms with E-state index in [4.69, 9.17) is 4.74 Å². The average Bonchev–Trinajstić information content (AvgIpc) is 3.22. The van der Waals surface area contributed by atoms with Gasteiger partial charge in [0, 0.05) is 5.92 Å². The molecule has 2 unspecified atom stereocenters. The van der Waals surface area contributed by atoms with Crippen LogP contribution in [0.1, 0.15) is 35.8 Å². The molecule has 1 aromatic heterocycles. The number of carbonyl (C=O) groups is 2. The first-order valence-electron chi connectivity index (χ1n) is 10.0. The van der Waals surface area contributed by atoms with Gasteiger partial charge in [-0.15, -0.1) is 0 Å². The summed E-state index contributed by atoms with van der Waals surface area (Å²) in [4.78, 5) is 28.8. The molecule has 0 aliphatic heterocycles. The summed E-state index contributed by atoms with van der Waals surface area (Å²) in [6, 6.07) is 14.2. The standard InChI is InChI=1S/C23H21Br2N3O4/c1-12(28-13(2)26-20(24)21(28)25)19(22(29)30)27-23(31)32-11-18-16-9-5-3-7-14(16)15-8-4-6-10-17(15)18/h3-10,12,18-19H,11H2,1-2H3,(H,27,31)(H,29,30). The Kier molecular flexibility index (Phi) is 6.39. The number of carboxylic acid groups (broad SMARTS) is 1. The lowest BCUT2D eigenvalue weighted by atomic mass is 9.98. The number of aromatic nitrogens is 2. The first kappa shape index (κ1) is 22.5. The maximum Gasteiger partial charge on any atom is 0.407 e. The number of carbonyl (C=O) groups excluding carboxylic acids is 1. The second-order valence-electron chi connectivity index (χ2n) is 7.64. The van der Waals surface area contributed by atoms with E-state index in [1.165, 1.54) is 0 Å². The second-order valence-corrected chi connectivity index (χ2v) is 9.14. The van der Waals surface area contributed by atoms with E-state index in [1.54, 1.807) is 18.4 Å². The Morgan fingerprint density at radius 1 is 1.12 bits per heavy atom. The number of carboxylic acids is 1. The van der Waals surface area contributed by atoms with Crippen LogP contribution in [0.25, 0.3) is 11.1 Å². The number of aryl methyl sites for hydroxylation is 1. The van der Waals surface area contributed by atoms with Crippen molar-refractivity contribution in [1.82, 2.24) is 14.9 Å². The molecule has 2 N–H and O–H groups in total. The number of rotatable bonds is 6. The Morgan fingerprint density at radius 2 is 1.69 bits per heavy atom. The summed E-state index contributed by atoms with van der Waals surface area (Å²) < 4.78 is 8.38. The highest BCUT2D eigenvalue weighted by atomic mass is 79.9. The molecule has 3 aromatic rings. The van der Waals surface area contributed by atoms with Crippen molar-refractivity contribution >= 4 is 43.9 Å². The van der Waals surface area contributed by atoms with Crippen LogP contribution in [0.15, 0.2) is 57.7 Å². The zero-order valence-electron chi connectivity index (χ0n) is 17.4. The van der Waals surface area contributed by atoms with Crippen LogP contribution in [0.4, 0.5) is 4.79 Å². The molecule has 9 heteroatoms. The van der Waals surface area contributed by atoms with Crippen LogP contribution in [0.2, 0.25) is 0 Å². The number of amides is 1. The number of fused-ring (bicyclic) bond motifs is 3. The van der Waals surface area contributed by atoms with Crippen LogP contribution >= 0.6 is 31.9 Å². The molecular formula is C23H21Br2N3O4. The zero-order valence-corrected chi connectivity index (χ0v) is 20.6. The number of hydrogen-bond acceptors (Lipinski definition) is 4. The van der Waals surface area contributed by atoms with E-state index >= 15 is 0 Å². The molecule has 2 aromatic carbocycles. The molecular weight excluding hydrogens is 542 g/mol. The lowest BCUT2D eigenvalue weighted by molar-refractivity contribution is -0.140. The van der Waals surface area contributed by atoms with Crippen molar-refractivity contribution in [2.75, 3.05) is 6.61 Å². The average molecular weight is 563 g/mol. The third kappa shape index (κ3) is 4.06. The van der Waals surface area contributed by atoms with E-state index in [-0.39, 0.29) is 12.5 Å². The quantitative estimate of drug-likeness (QED) is 0.427. The van der Waals surface area contributed by atoms with Gasteiger partial charge in [0.2, 0.25) is 0 Å². The van der Waals surface area contributed by atoms with Gasteiger partial charge in [-0.05, 0) is 68.0 Å². The van der Waals surface area contributed by atoms with Crippen molar-refractivity contribution < 1.29 is 19.4 Å². The van der Waals surface area contributed by atoms with Crippen LogP contribution in [0.5, 0.6) is 0 Å². The fraction of sp³-hybridized carbons (Fsp3) is 0.261. The molecule has 32 heavy (non-hydrogen) atoms. The maximum atomic E-state index is 12.6. The van der Waals surface area contributed by atoms with Crippen molar-refractivity contribution in [3.05, 3.63) is 74.7 Å². The minimum Gasteiger partial charge on any atom is -0.480 e. The largest absolute Gasteiger partial charge is 0.480 e. The SMILES string of the molecule is Cc1nc(Br)c(Br)n1C(C)C(NC(=O)OCC1c2ccccc2-c2ccccc21)C(=O)O. The van der Waals surface area contributed by atoms with Gasteiger partial charge in [0.15, 0.2) is 6.04 Å². The van der Waals surface area contributed by atoms with Crippen LogP contribution < -0.4 is 5.32 Å². The van der Waals surface area contributed by atoms with Gasteiger partial charge in [-0.3, -0.25) is 0 Å². The van der Waals surface area contributed by atoms with E-state index in [9.17, 15) is 14.7 Å². The number of aliphatic carboxylic acids is 1. The second kappa shape index (κ2) is 9.07. The van der Waals surface area contributed by atoms with Crippen LogP contribution in [-0.4, -0.2) is 39.4 Å². The number of nitrogens with zero attached hydrogens (tertiary/aromatic N) is 2. The summed E-state index contributed by atoms with van der Waals surface area (Å²) in [5.41, 5.74) is 4.43. The maximum absolute atomic E-state index is 12.6. The Bertz CT molecular complexity index is 1150. The summed E-state index contributed by atoms with van der Waals surface area (Å²) in [5.74, 6) is -0.659. The molecule has 2 atom stereocenters. The van der Waals surface area contributed by atoms with Crippen molar-refractivity contribution in [1.29, 1.82) is 0 Å². The molecule has 1 aliphatic carbocycles. The van der Waals surface area contributed by atoms with Gasteiger partial charge in [-0.2, -0.15) is 0 Å². The number of nitrogens with one attached hydrogen (secondary N) is 1. The minimum absolute atomic E-state index is 0.102. The number of halogens is 2. The predicted octanol–water partition coefficient (Wildman–Crippen LogP) is 5.27. The van der Waals surface area contributed by atoms with Crippen molar-refractivity contribution in [2.45, 2.75) is 31.8 Å². The normalized spacial score (nSPS) is 14.4. The summed E-state index contributed by atoms with van der Waals surface area (Å²) >= 11 is 6.73. The van der Waals surface area contributed by atoms with Crippen molar-refractivity contribution in [3.8, 4) is 11.1 Å². The zero-order chi connectivity index (χ0) is 23.0. The summed E-state index contributed by atoms with van der Waals surface area (Å²) in [6.45, 7) is 3.58. The highest BCUT2D eigenvalue weighted by Gasteiger charge is 2.33. The van der Waals surface area contributed by atoms with Crippen LogP contribution in [-0.2, 0) is 9.53 Å². The first-order valence-corrected chi connectivity index (χ1v) is 11.6. The van der Waals surface area contributed by atoms with Gasteiger partial charge in [0.1, 0.15) is 21.6 Å². The van der Waals surface area contributed by atoms with E-state index in [0.717, 1.165) is 22.3 Å². The lowest BCUT2D eigenvalue weighted by Crippen LogP contribution is -2.46. The van der Waals surface area contributed by atoms with Crippen LogP contribution in [0, 0.1) is 6.92 Å². The number of imidazole rings is 1. The molecule has 0 saturated heterocycles. The van der Waals surface area contributed by atoms with Gasteiger partial charge in [0.25, 0.3) is 0 Å². The molecule has 0 spiro atoms. The number of benzene rings is 2. The third-order valence-corrected chi connectivity index (χ3v) is 7.61. The molecule has 0 bridgehead atoms. The topological polar surface area (TPSA) is 93.5 Å². The van der Waals surface area contributed by atoms with E-state index in [1.807, 2.05) is 36.4 Å². The summed E-state index contributed by atoms with van der Waals surface area (Å²) in [5, 5.41) is 12.3. The molecule has 1 heterocycles. The Balaban J connectivity index is 1.49. The van der Waals surface area contributed by atoms with E-state index in [0.29, 0.717) is 15.0 Å². The Morgan fingerprint density at radius 3 is 2.19 bits per heavy atom. The monoisotopic (exact) mass is 561 g/mol. The third-order valence-electron chi connectivity index (χ3n) is 5.76. The Labute approximate surface area is 202 Å².